The van der Waals surface area contributed by atoms with E-state index in [1.807, 2.05) is 0 Å². The van der Waals surface area contributed by atoms with Gasteiger partial charge in [-0.15, -0.1) is 0 Å². The molecule has 3 aromatic rings. The Labute approximate surface area is 283 Å². The maximum Gasteiger partial charge on any atom is 0.430 e. The van der Waals surface area contributed by atoms with Crippen molar-refractivity contribution in [3.05, 3.63) is 65.9 Å². The second-order valence-electron chi connectivity index (χ2n) is 9.82. The molecule has 1 aromatic heterocycles. The summed E-state index contributed by atoms with van der Waals surface area (Å²) < 4.78 is 143. The second kappa shape index (κ2) is 18.2. The number of aliphatic carboxylic acids is 2. The van der Waals surface area contributed by atoms with Crippen LogP contribution in [0, 0.1) is 0 Å². The van der Waals surface area contributed by atoms with Crippen LogP contribution in [-0.4, -0.2) is 54.2 Å². The van der Waals surface area contributed by atoms with Gasteiger partial charge in [-0.3, -0.25) is 14.6 Å². The Balaban J connectivity index is 0.000000812. The van der Waals surface area contributed by atoms with Crippen molar-refractivity contribution in [3.8, 4) is 22.4 Å². The van der Waals surface area contributed by atoms with Gasteiger partial charge in [-0.1, -0.05) is 6.07 Å². The Morgan fingerprint density at radius 3 is 1.27 bits per heavy atom. The van der Waals surface area contributed by atoms with Crippen LogP contribution < -0.4 is 32.3 Å². The number of carboxylic acid groups (broad SMARTS) is 2. The highest BCUT2D eigenvalue weighted by atomic mass is 19.4. The van der Waals surface area contributed by atoms with Crippen molar-refractivity contribution in [1.82, 2.24) is 4.98 Å². The van der Waals surface area contributed by atoms with E-state index in [-0.39, 0.29) is 59.7 Å². The number of carbonyl (C=O) groups excluding carboxylic acids is 4. The molecule has 2 amide bonds. The first-order chi connectivity index (χ1) is 23.7. The molecule has 0 atom stereocenters. The maximum absolute atomic E-state index is 13.4. The number of alkyl halides is 12. The SMILES string of the molecule is O=C([O-])C(F)(F)F.O=C([O-])C(F)(F)F.[NH3+]CCC(=O)Nc1ccc(C(F)(F)F)cc1-c1ccc(-c2cc(C(F)(F)F)ccc2NC(=O)CC[NH3+])nc1. The zero-order valence-electron chi connectivity index (χ0n) is 25.9. The third kappa shape index (κ3) is 14.4. The molecular weight excluding hydrogens is 742 g/mol. The molecule has 11 nitrogen and oxygen atoms in total. The average Bonchev–Trinajstić information content (AvgIpc) is 3.00. The fraction of sp³-hybridized carbons (Fsp3) is 0.276. The van der Waals surface area contributed by atoms with Crippen LogP contribution in [0.3, 0.4) is 0 Å². The summed E-state index contributed by atoms with van der Waals surface area (Å²) in [6.07, 6.45) is -18.4. The minimum Gasteiger partial charge on any atom is -0.542 e. The van der Waals surface area contributed by atoms with Gasteiger partial charge in [-0.2, -0.15) is 52.7 Å². The number of nitrogens with one attached hydrogen (secondary N) is 2. The predicted octanol–water partition coefficient (Wildman–Crippen LogP) is 2.19. The van der Waals surface area contributed by atoms with Gasteiger partial charge in [-0.25, -0.2) is 0 Å². The number of pyridine rings is 1. The molecule has 0 saturated heterocycles. The van der Waals surface area contributed by atoms with E-state index in [4.69, 9.17) is 19.8 Å². The lowest BCUT2D eigenvalue weighted by Crippen LogP contribution is -2.51. The molecule has 0 saturated carbocycles. The number of amides is 2. The summed E-state index contributed by atoms with van der Waals surface area (Å²) >= 11 is 0. The van der Waals surface area contributed by atoms with Gasteiger partial charge in [0.05, 0.1) is 48.4 Å². The number of benzene rings is 2. The molecule has 0 unspecified atom stereocenters. The first kappa shape index (κ1) is 44.6. The van der Waals surface area contributed by atoms with Crippen molar-refractivity contribution in [2.75, 3.05) is 23.7 Å². The maximum atomic E-state index is 13.4. The molecule has 1 heterocycles. The monoisotopic (exact) mass is 767 g/mol. The van der Waals surface area contributed by atoms with Crippen molar-refractivity contribution in [1.29, 1.82) is 0 Å². The quantitative estimate of drug-likeness (QED) is 0.251. The number of anilines is 2. The number of halogens is 12. The van der Waals surface area contributed by atoms with E-state index in [2.05, 4.69) is 27.1 Å². The van der Waals surface area contributed by atoms with Crippen LogP contribution in [0.1, 0.15) is 24.0 Å². The van der Waals surface area contributed by atoms with Crippen LogP contribution in [0.15, 0.2) is 54.7 Å². The van der Waals surface area contributed by atoms with Gasteiger partial charge in [-0.05, 0) is 42.5 Å². The summed E-state index contributed by atoms with van der Waals surface area (Å²) in [6.45, 7) is 0.558. The second-order valence-corrected chi connectivity index (χ2v) is 9.82. The number of quaternary nitrogens is 2. The topological polar surface area (TPSA) is 207 Å². The molecule has 52 heavy (non-hydrogen) atoms. The van der Waals surface area contributed by atoms with Gasteiger partial charge >= 0.3 is 24.7 Å². The van der Waals surface area contributed by atoms with E-state index >= 15 is 0 Å². The zero-order valence-corrected chi connectivity index (χ0v) is 25.9. The van der Waals surface area contributed by atoms with Crippen molar-refractivity contribution < 1.29 is 93.5 Å². The van der Waals surface area contributed by atoms with Gasteiger partial charge in [0.1, 0.15) is 11.9 Å². The van der Waals surface area contributed by atoms with Crippen molar-refractivity contribution in [2.24, 2.45) is 0 Å². The molecule has 3 rings (SSSR count). The summed E-state index contributed by atoms with van der Waals surface area (Å²) in [6, 6.07) is 8.26. The molecule has 23 heteroatoms. The Morgan fingerprint density at radius 2 is 0.962 bits per heavy atom. The lowest BCUT2D eigenvalue weighted by atomic mass is 9.99. The van der Waals surface area contributed by atoms with E-state index in [1.54, 1.807) is 0 Å². The van der Waals surface area contributed by atoms with E-state index in [0.717, 1.165) is 36.4 Å². The highest BCUT2D eigenvalue weighted by Gasteiger charge is 2.33. The Hall–Kier alpha value is -5.45. The van der Waals surface area contributed by atoms with E-state index in [0.29, 0.717) is 0 Å². The summed E-state index contributed by atoms with van der Waals surface area (Å²) in [5.41, 5.74) is 5.60. The lowest BCUT2D eigenvalue weighted by Gasteiger charge is -2.16. The van der Waals surface area contributed by atoms with Crippen LogP contribution >= 0.6 is 0 Å². The van der Waals surface area contributed by atoms with Crippen LogP contribution in [0.4, 0.5) is 64.1 Å². The molecule has 0 fully saturated rings. The van der Waals surface area contributed by atoms with E-state index in [1.165, 1.54) is 18.3 Å². The van der Waals surface area contributed by atoms with Crippen molar-refractivity contribution in [3.63, 3.8) is 0 Å². The molecule has 0 aliphatic carbocycles. The summed E-state index contributed by atoms with van der Waals surface area (Å²) in [4.78, 5) is 45.9. The molecular formula is C29H25F12N5O6. The third-order valence-electron chi connectivity index (χ3n) is 5.86. The predicted molar refractivity (Wildman–Crippen MR) is 149 cm³/mol. The normalized spacial score (nSPS) is 11.7. The van der Waals surface area contributed by atoms with Gasteiger partial charge in [0, 0.05) is 28.6 Å². The molecule has 0 bridgehead atoms. The first-order valence-electron chi connectivity index (χ1n) is 13.9. The van der Waals surface area contributed by atoms with Crippen molar-refractivity contribution >= 4 is 35.1 Å². The minimum atomic E-state index is -5.19. The van der Waals surface area contributed by atoms with E-state index < -0.39 is 59.6 Å². The minimum absolute atomic E-state index is 0.0179. The molecule has 0 aliphatic rings. The Kier molecular flexibility index (Phi) is 15.6. The number of rotatable bonds is 8. The number of carbonyl (C=O) groups is 4. The van der Waals surface area contributed by atoms with Crippen LogP contribution in [-0.2, 0) is 31.5 Å². The molecule has 0 aliphatic heterocycles. The number of hydrogen-bond acceptors (Lipinski definition) is 7. The largest absolute Gasteiger partial charge is 0.542 e. The van der Waals surface area contributed by atoms with Crippen LogP contribution in [0.25, 0.3) is 22.4 Å². The standard InChI is InChI=1S/C25H23F6N5O2.2C2HF3O2/c26-24(27,28)15-2-5-20(35-22(37)7-9-32)17(11-15)14-1-4-19(34-13-14)18-12-16(25(29,30)31)3-6-21(18)36-23(38)8-10-33;2*3-2(4,5)1(6)7/h1-6,11-13H,7-10,32-33H2,(H,35,37)(H,36,38);2*(H,6,7). The van der Waals surface area contributed by atoms with Gasteiger partial charge < -0.3 is 41.9 Å². The lowest BCUT2D eigenvalue weighted by molar-refractivity contribution is -0.366. The molecule has 0 spiro atoms. The third-order valence-corrected chi connectivity index (χ3v) is 5.86. The summed E-state index contributed by atoms with van der Waals surface area (Å²) in [7, 11) is 0. The van der Waals surface area contributed by atoms with Gasteiger partial charge in [0.25, 0.3) is 0 Å². The average molecular weight is 768 g/mol. The zero-order chi connectivity index (χ0) is 40.2. The Morgan fingerprint density at radius 1 is 0.596 bits per heavy atom. The highest BCUT2D eigenvalue weighted by molar-refractivity contribution is 5.97. The van der Waals surface area contributed by atoms with E-state index in [9.17, 15) is 62.3 Å². The number of aromatic nitrogens is 1. The highest BCUT2D eigenvalue weighted by Crippen LogP contribution is 2.38. The number of carboxylic acids is 2. The molecule has 2 aromatic carbocycles. The van der Waals surface area contributed by atoms with Gasteiger partial charge in [0.15, 0.2) is 0 Å². The number of hydrogen-bond donors (Lipinski definition) is 4. The number of nitrogens with zero attached hydrogens (tertiary/aromatic N) is 1. The Bertz CT molecular complexity index is 1580. The van der Waals surface area contributed by atoms with Crippen LogP contribution in [0.2, 0.25) is 0 Å². The van der Waals surface area contributed by atoms with Gasteiger partial charge in [0.2, 0.25) is 11.8 Å². The fourth-order valence-corrected chi connectivity index (χ4v) is 3.57. The fourth-order valence-electron chi connectivity index (χ4n) is 3.57. The summed E-state index contributed by atoms with van der Waals surface area (Å²) in [5.74, 6) is -6.92. The molecule has 286 valence electrons. The van der Waals surface area contributed by atoms with Crippen LogP contribution in [0.5, 0.6) is 0 Å². The van der Waals surface area contributed by atoms with Crippen molar-refractivity contribution in [2.45, 2.75) is 37.5 Å². The molecule has 0 radical (unpaired) electrons. The smallest absolute Gasteiger partial charge is 0.430 e. The molecule has 8 N–H and O–H groups in total. The summed E-state index contributed by atoms with van der Waals surface area (Å²) in [5, 5.41) is 22.7. The first-order valence-corrected chi connectivity index (χ1v) is 13.9.